The number of rotatable bonds is 3. The molecule has 0 aliphatic carbocycles. The molecule has 2 aliphatic rings. The summed E-state index contributed by atoms with van der Waals surface area (Å²) in [6, 6.07) is 3.65. The summed E-state index contributed by atoms with van der Waals surface area (Å²) in [5.41, 5.74) is 1.52. The van der Waals surface area contributed by atoms with Crippen molar-refractivity contribution >= 4 is 5.91 Å². The van der Waals surface area contributed by atoms with Gasteiger partial charge in [0.2, 0.25) is 0 Å². The quantitative estimate of drug-likeness (QED) is 0.770. The number of hydrogen-bond donors (Lipinski definition) is 0. The van der Waals surface area contributed by atoms with Gasteiger partial charge in [0.15, 0.2) is 0 Å². The third-order valence-electron chi connectivity index (χ3n) is 6.56. The Morgan fingerprint density at radius 2 is 1.90 bits per heavy atom. The maximum atomic E-state index is 14.2. The van der Waals surface area contributed by atoms with Crippen molar-refractivity contribution in [2.24, 2.45) is 0 Å². The zero-order valence-corrected chi connectivity index (χ0v) is 17.0. The van der Waals surface area contributed by atoms with E-state index < -0.39 is 5.82 Å². The fraction of sp³-hybridized carbons (Fsp3) is 0.545. The van der Waals surface area contributed by atoms with Crippen molar-refractivity contribution in [1.82, 2.24) is 15.0 Å². The zero-order valence-electron chi connectivity index (χ0n) is 17.0. The van der Waals surface area contributed by atoms with Gasteiger partial charge in [-0.1, -0.05) is 5.16 Å². The van der Waals surface area contributed by atoms with Crippen LogP contribution in [0.3, 0.4) is 0 Å². The Balaban J connectivity index is 1.50. The van der Waals surface area contributed by atoms with Crippen LogP contribution < -0.4 is 0 Å². The molecule has 5 nitrogen and oxygen atoms in total. The average molecular weight is 403 g/mol. The lowest BCUT2D eigenvalue weighted by Gasteiger charge is -2.38. The van der Waals surface area contributed by atoms with Crippen molar-refractivity contribution < 1.29 is 18.1 Å². The smallest absolute Gasteiger partial charge is 0.259 e. The van der Waals surface area contributed by atoms with Crippen LogP contribution in [-0.4, -0.2) is 46.0 Å². The van der Waals surface area contributed by atoms with Crippen molar-refractivity contribution in [2.75, 3.05) is 19.6 Å². The minimum absolute atomic E-state index is 0.0287. The highest BCUT2D eigenvalue weighted by molar-refractivity contribution is 5.96. The van der Waals surface area contributed by atoms with Crippen molar-refractivity contribution in [3.05, 3.63) is 52.4 Å². The Bertz CT molecular complexity index is 894. The van der Waals surface area contributed by atoms with Gasteiger partial charge in [0.25, 0.3) is 5.91 Å². The van der Waals surface area contributed by atoms with E-state index in [0.29, 0.717) is 42.2 Å². The van der Waals surface area contributed by atoms with Crippen LogP contribution in [0.4, 0.5) is 8.78 Å². The van der Waals surface area contributed by atoms with E-state index in [0.717, 1.165) is 44.7 Å². The average Bonchev–Trinajstić information content (AvgIpc) is 3.14. The Labute approximate surface area is 169 Å². The number of halogens is 2. The molecule has 156 valence electrons. The van der Waals surface area contributed by atoms with E-state index in [2.05, 4.69) is 10.1 Å². The third kappa shape index (κ3) is 3.80. The Hall–Kier alpha value is -2.28. The lowest BCUT2D eigenvalue weighted by molar-refractivity contribution is 0.0735. The largest absolute Gasteiger partial charge is 0.361 e. The van der Waals surface area contributed by atoms with Crippen LogP contribution in [0.15, 0.2) is 22.7 Å². The molecule has 4 rings (SSSR count). The summed E-state index contributed by atoms with van der Waals surface area (Å²) < 4.78 is 33.0. The number of aryl methyl sites for hydroxylation is 2. The molecule has 7 heteroatoms. The Morgan fingerprint density at radius 3 is 2.62 bits per heavy atom. The number of benzene rings is 1. The fourth-order valence-electron chi connectivity index (χ4n) is 5.01. The molecule has 29 heavy (non-hydrogen) atoms. The van der Waals surface area contributed by atoms with Crippen molar-refractivity contribution in [3.63, 3.8) is 0 Å². The molecule has 1 amide bonds. The van der Waals surface area contributed by atoms with Gasteiger partial charge in [0.1, 0.15) is 23.0 Å². The molecule has 2 aromatic rings. The number of carbonyl (C=O) groups excluding carboxylic acids is 1. The van der Waals surface area contributed by atoms with Gasteiger partial charge in [-0.15, -0.1) is 0 Å². The minimum atomic E-state index is -0.410. The number of aromatic nitrogens is 1. The highest BCUT2D eigenvalue weighted by Gasteiger charge is 2.42. The van der Waals surface area contributed by atoms with Crippen LogP contribution in [-0.2, 0) is 6.54 Å². The molecule has 2 aliphatic heterocycles. The maximum Gasteiger partial charge on any atom is 0.259 e. The summed E-state index contributed by atoms with van der Waals surface area (Å²) in [6.45, 7) is 6.15. The van der Waals surface area contributed by atoms with Crippen LogP contribution in [0.2, 0.25) is 0 Å². The molecule has 1 spiro atoms. The summed E-state index contributed by atoms with van der Waals surface area (Å²) in [5.74, 6) is -0.251. The second kappa shape index (κ2) is 7.86. The number of likely N-dealkylation sites (tertiary alicyclic amines) is 2. The summed E-state index contributed by atoms with van der Waals surface area (Å²) in [5, 5.41) is 3.90. The van der Waals surface area contributed by atoms with Crippen LogP contribution >= 0.6 is 0 Å². The molecule has 2 saturated heterocycles. The number of carbonyl (C=O) groups is 1. The minimum Gasteiger partial charge on any atom is -0.361 e. The molecule has 0 saturated carbocycles. The third-order valence-corrected chi connectivity index (χ3v) is 6.56. The van der Waals surface area contributed by atoms with Crippen LogP contribution in [0.1, 0.15) is 59.5 Å². The molecule has 1 unspecified atom stereocenters. The fourth-order valence-corrected chi connectivity index (χ4v) is 5.01. The predicted octanol–water partition coefficient (Wildman–Crippen LogP) is 4.23. The van der Waals surface area contributed by atoms with Crippen LogP contribution in [0, 0.1) is 25.5 Å². The first-order valence-electron chi connectivity index (χ1n) is 10.3. The Kier molecular flexibility index (Phi) is 5.42. The van der Waals surface area contributed by atoms with Gasteiger partial charge in [0.05, 0.1) is 5.69 Å². The van der Waals surface area contributed by atoms with Gasteiger partial charge in [0, 0.05) is 30.7 Å². The molecule has 0 bridgehead atoms. The number of nitrogens with zero attached hydrogens (tertiary/aromatic N) is 3. The molecular weight excluding hydrogens is 376 g/mol. The maximum absolute atomic E-state index is 14.2. The lowest BCUT2D eigenvalue weighted by atomic mass is 9.87. The molecule has 0 radical (unpaired) electrons. The molecule has 2 fully saturated rings. The van der Waals surface area contributed by atoms with Crippen LogP contribution in [0.5, 0.6) is 0 Å². The highest BCUT2D eigenvalue weighted by atomic mass is 19.1. The summed E-state index contributed by atoms with van der Waals surface area (Å²) in [7, 11) is 0. The highest BCUT2D eigenvalue weighted by Crippen LogP contribution is 2.40. The summed E-state index contributed by atoms with van der Waals surface area (Å²) >= 11 is 0. The molecular formula is C22H27F2N3O2. The first kappa shape index (κ1) is 20.0. The molecule has 1 aromatic heterocycles. The summed E-state index contributed by atoms with van der Waals surface area (Å²) in [6.07, 6.45) is 4.73. The van der Waals surface area contributed by atoms with E-state index in [-0.39, 0.29) is 17.3 Å². The molecule has 3 heterocycles. The van der Waals surface area contributed by atoms with Crippen LogP contribution in [0.25, 0.3) is 0 Å². The van der Waals surface area contributed by atoms with Crippen molar-refractivity contribution in [3.8, 4) is 0 Å². The van der Waals surface area contributed by atoms with Gasteiger partial charge < -0.3 is 9.42 Å². The number of hydrogen-bond acceptors (Lipinski definition) is 4. The van der Waals surface area contributed by atoms with Crippen molar-refractivity contribution in [2.45, 2.75) is 58.0 Å². The molecule has 1 aromatic carbocycles. The topological polar surface area (TPSA) is 49.6 Å². The number of amides is 1. The lowest BCUT2D eigenvalue weighted by Crippen LogP contribution is -2.44. The molecule has 0 N–H and O–H groups in total. The first-order chi connectivity index (χ1) is 13.9. The van der Waals surface area contributed by atoms with E-state index >= 15 is 0 Å². The zero-order chi connectivity index (χ0) is 20.6. The van der Waals surface area contributed by atoms with E-state index in [1.54, 1.807) is 13.8 Å². The van der Waals surface area contributed by atoms with Gasteiger partial charge in [-0.05, 0) is 70.7 Å². The van der Waals surface area contributed by atoms with Gasteiger partial charge in [-0.2, -0.15) is 0 Å². The van der Waals surface area contributed by atoms with Crippen molar-refractivity contribution in [1.29, 1.82) is 0 Å². The first-order valence-corrected chi connectivity index (χ1v) is 10.3. The second-order valence-corrected chi connectivity index (χ2v) is 8.33. The van der Waals surface area contributed by atoms with Gasteiger partial charge >= 0.3 is 0 Å². The second-order valence-electron chi connectivity index (χ2n) is 8.33. The SMILES string of the molecule is Cc1noc(C)c1C(=O)N1CCCC2(CCCN2Cc2cc(F)ccc2F)CC1. The van der Waals surface area contributed by atoms with E-state index in [1.165, 1.54) is 12.1 Å². The van der Waals surface area contributed by atoms with E-state index in [1.807, 2.05) is 4.90 Å². The Morgan fingerprint density at radius 1 is 1.14 bits per heavy atom. The van der Waals surface area contributed by atoms with E-state index in [4.69, 9.17) is 4.52 Å². The monoisotopic (exact) mass is 403 g/mol. The predicted molar refractivity (Wildman–Crippen MR) is 104 cm³/mol. The summed E-state index contributed by atoms with van der Waals surface area (Å²) in [4.78, 5) is 17.2. The van der Waals surface area contributed by atoms with Gasteiger partial charge in [-0.25, -0.2) is 8.78 Å². The molecule has 1 atom stereocenters. The standard InChI is InChI=1S/C22H27F2N3O2/c1-15-20(16(2)29-25-15)21(28)26-10-3-7-22(9-12-26)8-4-11-27(22)14-17-13-18(23)5-6-19(17)24/h5-6,13H,3-4,7-12,14H2,1-2H3. The van der Waals surface area contributed by atoms with E-state index in [9.17, 15) is 13.6 Å². The normalized spacial score (nSPS) is 23.0. The van der Waals surface area contributed by atoms with Gasteiger partial charge in [-0.3, -0.25) is 9.69 Å².